The minimum absolute atomic E-state index is 0.132. The van der Waals surface area contributed by atoms with Gasteiger partial charge >= 0.3 is 0 Å². The van der Waals surface area contributed by atoms with Crippen molar-refractivity contribution >= 4 is 17.4 Å². The first-order chi connectivity index (χ1) is 9.10. The van der Waals surface area contributed by atoms with E-state index in [9.17, 15) is 5.11 Å². The molecule has 5 heteroatoms. The molecular formula is C15H24ClN3O. The minimum Gasteiger partial charge on any atom is -0.390 e. The van der Waals surface area contributed by atoms with Gasteiger partial charge in [-0.2, -0.15) is 0 Å². The van der Waals surface area contributed by atoms with E-state index in [4.69, 9.17) is 16.6 Å². The van der Waals surface area contributed by atoms with E-state index in [1.54, 1.807) is 0 Å². The summed E-state index contributed by atoms with van der Waals surface area (Å²) in [5.41, 5.74) is 0.225. The normalized spacial score (nSPS) is 19.2. The highest BCUT2D eigenvalue weighted by Gasteiger charge is 2.30. The standard InChI is InChI=1S/C15H24ClN3O/c1-10-11(16)17-13(14(2,3)4)18-12(10)19-8-6-15(5,20)7-9-19/h20H,6-9H2,1-5H3. The Hall–Kier alpha value is -0.870. The number of nitrogens with zero attached hydrogens (tertiary/aromatic N) is 3. The van der Waals surface area contributed by atoms with Gasteiger partial charge in [-0.1, -0.05) is 32.4 Å². The van der Waals surface area contributed by atoms with Crippen molar-refractivity contribution in [2.75, 3.05) is 18.0 Å². The second kappa shape index (κ2) is 5.15. The molecule has 0 radical (unpaired) electrons. The smallest absolute Gasteiger partial charge is 0.137 e. The molecule has 0 bridgehead atoms. The van der Waals surface area contributed by atoms with Crippen molar-refractivity contribution in [3.05, 3.63) is 16.5 Å². The summed E-state index contributed by atoms with van der Waals surface area (Å²) in [6.07, 6.45) is 1.50. The quantitative estimate of drug-likeness (QED) is 0.809. The number of hydrogen-bond acceptors (Lipinski definition) is 4. The van der Waals surface area contributed by atoms with Crippen LogP contribution in [0.25, 0.3) is 0 Å². The van der Waals surface area contributed by atoms with Gasteiger partial charge in [0, 0.05) is 24.1 Å². The van der Waals surface area contributed by atoms with Crippen LogP contribution in [-0.2, 0) is 5.41 Å². The summed E-state index contributed by atoms with van der Waals surface area (Å²) < 4.78 is 0. The number of aromatic nitrogens is 2. The van der Waals surface area contributed by atoms with Crippen LogP contribution in [0.5, 0.6) is 0 Å². The molecule has 1 aromatic heterocycles. The van der Waals surface area contributed by atoms with E-state index in [1.807, 2.05) is 13.8 Å². The minimum atomic E-state index is -0.561. The van der Waals surface area contributed by atoms with Crippen LogP contribution in [0.2, 0.25) is 5.15 Å². The molecule has 4 nitrogen and oxygen atoms in total. The lowest BCUT2D eigenvalue weighted by Gasteiger charge is -2.37. The second-order valence-corrected chi connectivity index (χ2v) is 7.38. The summed E-state index contributed by atoms with van der Waals surface area (Å²) in [4.78, 5) is 11.3. The number of anilines is 1. The van der Waals surface area contributed by atoms with E-state index in [2.05, 4.69) is 30.7 Å². The number of rotatable bonds is 1. The lowest BCUT2D eigenvalue weighted by molar-refractivity contribution is 0.0350. The van der Waals surface area contributed by atoms with Crippen LogP contribution >= 0.6 is 11.6 Å². The van der Waals surface area contributed by atoms with Crippen LogP contribution in [0.1, 0.15) is 51.9 Å². The molecule has 20 heavy (non-hydrogen) atoms. The Morgan fingerprint density at radius 1 is 1.20 bits per heavy atom. The first kappa shape index (κ1) is 15.5. The first-order valence-corrected chi connectivity index (χ1v) is 7.50. The maximum absolute atomic E-state index is 10.1. The monoisotopic (exact) mass is 297 g/mol. The molecule has 2 heterocycles. The molecule has 0 unspecified atom stereocenters. The van der Waals surface area contributed by atoms with Crippen LogP contribution in [0, 0.1) is 6.92 Å². The van der Waals surface area contributed by atoms with Crippen molar-refractivity contribution in [3.63, 3.8) is 0 Å². The molecule has 1 aromatic rings. The zero-order valence-corrected chi connectivity index (χ0v) is 13.8. The van der Waals surface area contributed by atoms with Gasteiger partial charge in [-0.15, -0.1) is 0 Å². The fourth-order valence-corrected chi connectivity index (χ4v) is 2.49. The summed E-state index contributed by atoms with van der Waals surface area (Å²) in [6.45, 7) is 11.7. The van der Waals surface area contributed by atoms with Crippen LogP contribution in [0.4, 0.5) is 5.82 Å². The summed E-state index contributed by atoms with van der Waals surface area (Å²) in [5, 5.41) is 10.6. The van der Waals surface area contributed by atoms with E-state index in [-0.39, 0.29) is 5.41 Å². The summed E-state index contributed by atoms with van der Waals surface area (Å²) >= 11 is 6.27. The van der Waals surface area contributed by atoms with E-state index >= 15 is 0 Å². The van der Waals surface area contributed by atoms with Crippen LogP contribution in [0.3, 0.4) is 0 Å². The Bertz CT molecular complexity index is 499. The number of piperidine rings is 1. The van der Waals surface area contributed by atoms with E-state index in [0.717, 1.165) is 43.1 Å². The molecule has 0 spiro atoms. The third kappa shape index (κ3) is 3.23. The molecule has 1 N–H and O–H groups in total. The predicted octanol–water partition coefficient (Wildman–Crippen LogP) is 3.09. The molecule has 0 atom stereocenters. The van der Waals surface area contributed by atoms with Gasteiger partial charge < -0.3 is 10.0 Å². The fraction of sp³-hybridized carbons (Fsp3) is 0.733. The molecule has 112 valence electrons. The maximum atomic E-state index is 10.1. The van der Waals surface area contributed by atoms with Crippen molar-refractivity contribution in [2.24, 2.45) is 0 Å². The first-order valence-electron chi connectivity index (χ1n) is 7.12. The van der Waals surface area contributed by atoms with E-state index in [1.165, 1.54) is 0 Å². The van der Waals surface area contributed by atoms with Crippen molar-refractivity contribution in [3.8, 4) is 0 Å². The molecule has 0 saturated carbocycles. The molecule has 2 rings (SSSR count). The molecule has 1 fully saturated rings. The maximum Gasteiger partial charge on any atom is 0.137 e. The Balaban J connectivity index is 2.34. The summed E-state index contributed by atoms with van der Waals surface area (Å²) in [7, 11) is 0. The van der Waals surface area contributed by atoms with Crippen molar-refractivity contribution in [2.45, 2.75) is 58.5 Å². The summed E-state index contributed by atoms with van der Waals surface area (Å²) in [5.74, 6) is 1.67. The summed E-state index contributed by atoms with van der Waals surface area (Å²) in [6, 6.07) is 0. The average Bonchev–Trinajstić information content (AvgIpc) is 2.31. The SMILES string of the molecule is Cc1c(Cl)nc(C(C)(C)C)nc1N1CCC(C)(O)CC1. The molecule has 1 aliphatic rings. The van der Waals surface area contributed by atoms with E-state index in [0.29, 0.717) is 5.15 Å². The Morgan fingerprint density at radius 2 is 1.75 bits per heavy atom. The molecule has 1 aliphatic heterocycles. The lowest BCUT2D eigenvalue weighted by atomic mass is 9.93. The topological polar surface area (TPSA) is 49.2 Å². The lowest BCUT2D eigenvalue weighted by Crippen LogP contribution is -2.43. The van der Waals surface area contributed by atoms with Gasteiger partial charge in [0.2, 0.25) is 0 Å². The molecular weight excluding hydrogens is 274 g/mol. The van der Waals surface area contributed by atoms with Crippen molar-refractivity contribution in [1.82, 2.24) is 9.97 Å². The number of halogens is 1. The Morgan fingerprint density at radius 3 is 2.25 bits per heavy atom. The van der Waals surface area contributed by atoms with Gasteiger partial charge in [0.15, 0.2) is 0 Å². The number of hydrogen-bond donors (Lipinski definition) is 1. The zero-order valence-electron chi connectivity index (χ0n) is 13.0. The highest BCUT2D eigenvalue weighted by molar-refractivity contribution is 6.30. The van der Waals surface area contributed by atoms with Crippen LogP contribution in [-0.4, -0.2) is 33.8 Å². The second-order valence-electron chi connectivity index (χ2n) is 7.02. The van der Waals surface area contributed by atoms with Gasteiger partial charge in [0.05, 0.1) is 5.60 Å². The van der Waals surface area contributed by atoms with Crippen LogP contribution < -0.4 is 4.90 Å². The van der Waals surface area contributed by atoms with Crippen LogP contribution in [0.15, 0.2) is 0 Å². The zero-order chi connectivity index (χ0) is 15.1. The van der Waals surface area contributed by atoms with Gasteiger partial charge in [0.25, 0.3) is 0 Å². The van der Waals surface area contributed by atoms with Crippen molar-refractivity contribution in [1.29, 1.82) is 0 Å². The van der Waals surface area contributed by atoms with Gasteiger partial charge in [-0.05, 0) is 26.7 Å². The van der Waals surface area contributed by atoms with Gasteiger partial charge in [-0.25, -0.2) is 9.97 Å². The molecule has 0 aliphatic carbocycles. The fourth-order valence-electron chi connectivity index (χ4n) is 2.32. The largest absolute Gasteiger partial charge is 0.390 e. The average molecular weight is 298 g/mol. The molecule has 1 saturated heterocycles. The highest BCUT2D eigenvalue weighted by atomic mass is 35.5. The third-order valence-corrected chi connectivity index (χ3v) is 4.24. The highest BCUT2D eigenvalue weighted by Crippen LogP contribution is 2.31. The Labute approximate surface area is 126 Å². The predicted molar refractivity (Wildman–Crippen MR) is 82.5 cm³/mol. The van der Waals surface area contributed by atoms with Gasteiger partial charge in [-0.3, -0.25) is 0 Å². The van der Waals surface area contributed by atoms with E-state index < -0.39 is 5.60 Å². The molecule has 0 amide bonds. The third-order valence-electron chi connectivity index (χ3n) is 3.87. The van der Waals surface area contributed by atoms with Gasteiger partial charge in [0.1, 0.15) is 16.8 Å². The molecule has 0 aromatic carbocycles. The van der Waals surface area contributed by atoms with Crippen molar-refractivity contribution < 1.29 is 5.11 Å². The Kier molecular flexibility index (Phi) is 4.00. The number of aliphatic hydroxyl groups is 1.